The lowest BCUT2D eigenvalue weighted by Crippen LogP contribution is -2.68. The number of pyridine rings is 1. The van der Waals surface area contributed by atoms with E-state index < -0.39 is 10.2 Å². The quantitative estimate of drug-likeness (QED) is 0.261. The van der Waals surface area contributed by atoms with Gasteiger partial charge in [-0.15, -0.1) is 10.2 Å². The Morgan fingerprint density at radius 3 is 1.57 bits per heavy atom. The standard InChI is InChI=1S/C32H42N3.ClHO4/c1-7-8-9-10-25-35-31(23-16-27-12-19-29(20-13-27)33(3)4)18-11-26(2)32(35)24-17-28-14-21-30(22-15-28)34(5)6;2-1(3,4)5/h11-24H,7-10,25H2,1-6H3;(H,2,3,4,5)/q+1;/p-1. The molecule has 3 rings (SSSR count). The second-order valence-electron chi connectivity index (χ2n) is 10.1. The molecular weight excluding hydrogens is 526 g/mol. The fourth-order valence-corrected chi connectivity index (χ4v) is 4.17. The van der Waals surface area contributed by atoms with Crippen molar-refractivity contribution >= 4 is 35.7 Å². The van der Waals surface area contributed by atoms with Gasteiger partial charge in [-0.1, -0.05) is 44.0 Å². The summed E-state index contributed by atoms with van der Waals surface area (Å²) in [5.41, 5.74) is 8.69. The second kappa shape index (κ2) is 16.2. The number of rotatable bonds is 11. The SMILES string of the molecule is CCCCCC[n+]1c(/C=C/c2ccc(N(C)C)cc2)ccc(C)c1/C=C/c1ccc(N(C)C)cc1.[O-][Cl+3]([O-])([O-])[O-]. The monoisotopic (exact) mass is 567 g/mol. The van der Waals surface area contributed by atoms with E-state index in [9.17, 15) is 0 Å². The first-order valence-electron chi connectivity index (χ1n) is 13.4. The summed E-state index contributed by atoms with van der Waals surface area (Å²) < 4.78 is 36.5. The lowest BCUT2D eigenvalue weighted by Gasteiger charge is -2.17. The third-order valence-corrected chi connectivity index (χ3v) is 6.45. The Kier molecular flexibility index (Phi) is 13.3. The van der Waals surface area contributed by atoms with Crippen LogP contribution in [0.3, 0.4) is 0 Å². The van der Waals surface area contributed by atoms with Crippen molar-refractivity contribution in [2.24, 2.45) is 0 Å². The van der Waals surface area contributed by atoms with Crippen molar-refractivity contribution in [3.8, 4) is 0 Å². The highest BCUT2D eigenvalue weighted by Gasteiger charge is 2.16. The van der Waals surface area contributed by atoms with Gasteiger partial charge in [0.2, 0.25) is 11.4 Å². The van der Waals surface area contributed by atoms with Crippen molar-refractivity contribution < 1.29 is 33.4 Å². The summed E-state index contributed by atoms with van der Waals surface area (Å²) in [4.78, 5) is 4.26. The third-order valence-electron chi connectivity index (χ3n) is 6.45. The number of hydrogen-bond donors (Lipinski definition) is 0. The molecule has 0 unspecified atom stereocenters. The molecule has 0 radical (unpaired) electrons. The van der Waals surface area contributed by atoms with Crippen molar-refractivity contribution in [2.75, 3.05) is 38.0 Å². The van der Waals surface area contributed by atoms with E-state index >= 15 is 0 Å². The molecule has 0 N–H and O–H groups in total. The summed E-state index contributed by atoms with van der Waals surface area (Å²) >= 11 is 0. The van der Waals surface area contributed by atoms with Crippen molar-refractivity contribution in [1.82, 2.24) is 0 Å². The summed E-state index contributed by atoms with van der Waals surface area (Å²) in [7, 11) is 3.35. The van der Waals surface area contributed by atoms with Gasteiger partial charge in [-0.25, -0.2) is 18.6 Å². The predicted molar refractivity (Wildman–Crippen MR) is 155 cm³/mol. The maximum Gasteiger partial charge on any atom is 0.208 e. The van der Waals surface area contributed by atoms with Gasteiger partial charge < -0.3 is 9.80 Å². The van der Waals surface area contributed by atoms with E-state index in [1.165, 1.54) is 65.1 Å². The van der Waals surface area contributed by atoms with Crippen LogP contribution in [0.15, 0.2) is 60.7 Å². The fourth-order valence-electron chi connectivity index (χ4n) is 4.17. The molecule has 0 bridgehead atoms. The second-order valence-corrected chi connectivity index (χ2v) is 10.8. The normalized spacial score (nSPS) is 11.6. The lowest BCUT2D eigenvalue weighted by molar-refractivity contribution is -2.00. The molecule has 3 aromatic rings. The number of hydrogen-bond acceptors (Lipinski definition) is 6. The van der Waals surface area contributed by atoms with Gasteiger partial charge in [0.15, 0.2) is 0 Å². The molecule has 2 aromatic carbocycles. The van der Waals surface area contributed by atoms with E-state index in [4.69, 9.17) is 18.6 Å². The van der Waals surface area contributed by atoms with Gasteiger partial charge in [0.25, 0.3) is 0 Å². The van der Waals surface area contributed by atoms with Gasteiger partial charge in [0, 0.05) is 69.8 Å². The number of unbranched alkanes of at least 4 members (excludes halogenated alkanes) is 3. The van der Waals surface area contributed by atoms with E-state index in [0.717, 1.165) is 6.54 Å². The molecule has 40 heavy (non-hydrogen) atoms. The number of anilines is 2. The molecule has 0 amide bonds. The number of nitrogens with zero attached hydrogens (tertiary/aromatic N) is 3. The highest BCUT2D eigenvalue weighted by Crippen LogP contribution is 2.17. The van der Waals surface area contributed by atoms with Crippen LogP contribution in [0, 0.1) is 17.2 Å². The number of aryl methyl sites for hydroxylation is 1. The van der Waals surface area contributed by atoms with Crippen LogP contribution < -0.4 is 33.0 Å². The molecule has 0 spiro atoms. The molecule has 1 aromatic heterocycles. The van der Waals surface area contributed by atoms with Crippen molar-refractivity contribution in [1.29, 1.82) is 0 Å². The minimum absolute atomic E-state index is 1.03. The van der Waals surface area contributed by atoms with Gasteiger partial charge in [0.1, 0.15) is 6.54 Å². The minimum atomic E-state index is -4.94. The Balaban J connectivity index is 0.00000103. The van der Waals surface area contributed by atoms with Crippen molar-refractivity contribution in [3.63, 3.8) is 0 Å². The van der Waals surface area contributed by atoms with Crippen LogP contribution in [0.25, 0.3) is 24.3 Å². The number of benzene rings is 2. The van der Waals surface area contributed by atoms with E-state index in [-0.39, 0.29) is 0 Å². The van der Waals surface area contributed by atoms with Crippen LogP contribution in [0.5, 0.6) is 0 Å². The van der Waals surface area contributed by atoms with Crippen molar-refractivity contribution in [2.45, 2.75) is 46.1 Å². The molecule has 0 saturated heterocycles. The molecule has 0 aliphatic heterocycles. The first-order chi connectivity index (χ1) is 18.9. The summed E-state index contributed by atoms with van der Waals surface area (Å²) in [5, 5.41) is 0. The maximum atomic E-state index is 8.49. The minimum Gasteiger partial charge on any atom is -0.378 e. The topological polar surface area (TPSA) is 103 Å². The number of halogens is 1. The average Bonchev–Trinajstić information content (AvgIpc) is 2.89. The summed E-state index contributed by atoms with van der Waals surface area (Å²) in [5.74, 6) is 0. The van der Waals surface area contributed by atoms with Crippen LogP contribution in [-0.2, 0) is 6.54 Å². The molecular formula is C32H42ClN3O4. The Morgan fingerprint density at radius 1 is 0.650 bits per heavy atom. The first-order valence-corrected chi connectivity index (χ1v) is 14.7. The molecule has 1 heterocycles. The van der Waals surface area contributed by atoms with E-state index in [1.54, 1.807) is 0 Å². The zero-order chi connectivity index (χ0) is 29.7. The van der Waals surface area contributed by atoms with Crippen LogP contribution in [0.2, 0.25) is 0 Å². The zero-order valence-electron chi connectivity index (χ0n) is 24.5. The molecule has 216 valence electrons. The smallest absolute Gasteiger partial charge is 0.208 e. The molecule has 0 atom stereocenters. The Morgan fingerprint density at radius 2 is 1.12 bits per heavy atom. The Bertz CT molecular complexity index is 1230. The van der Waals surface area contributed by atoms with Crippen LogP contribution in [-0.4, -0.2) is 28.2 Å². The molecule has 8 heteroatoms. The molecule has 0 aliphatic rings. The summed E-state index contributed by atoms with van der Waals surface area (Å²) in [6, 6.07) is 21.9. The maximum absolute atomic E-state index is 8.49. The third kappa shape index (κ3) is 11.9. The van der Waals surface area contributed by atoms with E-state index in [1.807, 2.05) is 0 Å². The van der Waals surface area contributed by atoms with Crippen LogP contribution in [0.4, 0.5) is 11.4 Å². The highest BCUT2D eigenvalue weighted by atomic mass is 35.7. The predicted octanol–water partition coefficient (Wildman–Crippen LogP) is 2.58. The van der Waals surface area contributed by atoms with E-state index in [0.29, 0.717) is 0 Å². The van der Waals surface area contributed by atoms with Gasteiger partial charge in [-0.3, -0.25) is 0 Å². The largest absolute Gasteiger partial charge is 0.378 e. The van der Waals surface area contributed by atoms with Gasteiger partial charge in [-0.2, -0.15) is 4.57 Å². The summed E-state index contributed by atoms with van der Waals surface area (Å²) in [6.45, 7) is 5.51. The van der Waals surface area contributed by atoms with Gasteiger partial charge >= 0.3 is 0 Å². The molecule has 0 fully saturated rings. The van der Waals surface area contributed by atoms with E-state index in [2.05, 4.69) is 141 Å². The first kappa shape index (κ1) is 33.0. The average molecular weight is 568 g/mol. The Labute approximate surface area is 241 Å². The van der Waals surface area contributed by atoms with Crippen LogP contribution >= 0.6 is 0 Å². The van der Waals surface area contributed by atoms with Gasteiger partial charge in [-0.05, 0) is 67.0 Å². The summed E-state index contributed by atoms with van der Waals surface area (Å²) in [6.07, 6.45) is 14.0. The van der Waals surface area contributed by atoms with Crippen molar-refractivity contribution in [3.05, 3.63) is 88.7 Å². The highest BCUT2D eigenvalue weighted by molar-refractivity contribution is 5.71. The Hall–Kier alpha value is -3.20. The molecule has 7 nitrogen and oxygen atoms in total. The number of aromatic nitrogens is 1. The lowest BCUT2D eigenvalue weighted by atomic mass is 10.1. The molecule has 0 saturated carbocycles. The zero-order valence-corrected chi connectivity index (χ0v) is 25.2. The van der Waals surface area contributed by atoms with Gasteiger partial charge in [0.05, 0.1) is 0 Å². The fraction of sp³-hybridized carbons (Fsp3) is 0.344. The molecule has 0 aliphatic carbocycles. The van der Waals surface area contributed by atoms with Crippen LogP contribution in [0.1, 0.15) is 60.7 Å².